The van der Waals surface area contributed by atoms with Gasteiger partial charge in [0.05, 0.1) is 0 Å². The fraction of sp³-hybridized carbons (Fsp3) is 0.333. The van der Waals surface area contributed by atoms with E-state index < -0.39 is 12.0 Å². The lowest BCUT2D eigenvalue weighted by Gasteiger charge is -1.98. The first kappa shape index (κ1) is 7.74. The zero-order valence-corrected chi connectivity index (χ0v) is 5.94. The predicted molar refractivity (Wildman–Crippen MR) is 36.1 cm³/mol. The zero-order valence-electron chi connectivity index (χ0n) is 5.94. The van der Waals surface area contributed by atoms with Crippen LogP contribution in [0.4, 0.5) is 0 Å². The predicted octanol–water partition coefficient (Wildman–Crippen LogP) is 0.393. The second kappa shape index (κ2) is 2.71. The molecule has 0 spiro atoms. The Balaban J connectivity index is 3.06. The molecule has 11 heavy (non-hydrogen) atoms. The molecule has 0 aromatic carbocycles. The van der Waals surface area contributed by atoms with Crippen molar-refractivity contribution in [3.05, 3.63) is 17.5 Å². The highest BCUT2D eigenvalue weighted by molar-refractivity contribution is 5.88. The normalized spacial score (nSPS) is 12.9. The standard InChI is InChI=1S/C6H8N2O3/c1-3(7)5-4(6(9)10)2-11-8-5/h2-3H,7H2,1H3,(H,9,10). The Morgan fingerprint density at radius 1 is 1.91 bits per heavy atom. The number of nitrogens with two attached hydrogens (primary N) is 1. The Hall–Kier alpha value is -1.36. The van der Waals surface area contributed by atoms with Crippen molar-refractivity contribution in [2.75, 3.05) is 0 Å². The minimum Gasteiger partial charge on any atom is -0.478 e. The van der Waals surface area contributed by atoms with Gasteiger partial charge in [0.2, 0.25) is 0 Å². The van der Waals surface area contributed by atoms with Crippen molar-refractivity contribution in [2.45, 2.75) is 13.0 Å². The Morgan fingerprint density at radius 3 is 2.91 bits per heavy atom. The first-order valence-corrected chi connectivity index (χ1v) is 3.06. The Bertz CT molecular complexity index is 267. The van der Waals surface area contributed by atoms with Gasteiger partial charge in [0, 0.05) is 6.04 Å². The second-order valence-corrected chi connectivity index (χ2v) is 2.21. The number of carboxylic acids is 1. The van der Waals surface area contributed by atoms with Gasteiger partial charge in [0.15, 0.2) is 0 Å². The summed E-state index contributed by atoms with van der Waals surface area (Å²) in [6.45, 7) is 1.64. The molecule has 0 bridgehead atoms. The van der Waals surface area contributed by atoms with Gasteiger partial charge in [-0.25, -0.2) is 4.79 Å². The third kappa shape index (κ3) is 1.38. The van der Waals surface area contributed by atoms with Crippen molar-refractivity contribution in [2.24, 2.45) is 5.73 Å². The highest BCUT2D eigenvalue weighted by atomic mass is 16.5. The van der Waals surface area contributed by atoms with Gasteiger partial charge in [-0.05, 0) is 6.92 Å². The number of aromatic carboxylic acids is 1. The smallest absolute Gasteiger partial charge is 0.341 e. The maximum absolute atomic E-state index is 10.4. The average molecular weight is 156 g/mol. The molecule has 60 valence electrons. The number of carbonyl (C=O) groups is 1. The maximum atomic E-state index is 10.4. The number of carboxylic acid groups (broad SMARTS) is 1. The van der Waals surface area contributed by atoms with Crippen LogP contribution in [0, 0.1) is 0 Å². The lowest BCUT2D eigenvalue weighted by molar-refractivity contribution is 0.0694. The zero-order chi connectivity index (χ0) is 8.43. The molecule has 0 amide bonds. The summed E-state index contributed by atoms with van der Waals surface area (Å²) in [7, 11) is 0. The van der Waals surface area contributed by atoms with Crippen molar-refractivity contribution in [1.29, 1.82) is 0 Å². The number of hydrogen-bond donors (Lipinski definition) is 2. The molecule has 1 unspecified atom stereocenters. The molecule has 0 aliphatic carbocycles. The molecule has 0 saturated heterocycles. The van der Waals surface area contributed by atoms with Crippen LogP contribution in [-0.4, -0.2) is 16.2 Å². The number of aromatic nitrogens is 1. The van der Waals surface area contributed by atoms with E-state index in [9.17, 15) is 4.79 Å². The summed E-state index contributed by atoms with van der Waals surface area (Å²) in [4.78, 5) is 10.4. The van der Waals surface area contributed by atoms with Crippen molar-refractivity contribution in [3.63, 3.8) is 0 Å². The second-order valence-electron chi connectivity index (χ2n) is 2.21. The minimum absolute atomic E-state index is 0.0278. The summed E-state index contributed by atoms with van der Waals surface area (Å²) in [5.74, 6) is -1.07. The van der Waals surface area contributed by atoms with Crippen molar-refractivity contribution < 1.29 is 14.4 Å². The SMILES string of the molecule is CC(N)c1nocc1C(=O)O. The highest BCUT2D eigenvalue weighted by Gasteiger charge is 2.16. The number of nitrogens with zero attached hydrogens (tertiary/aromatic N) is 1. The summed E-state index contributed by atoms with van der Waals surface area (Å²) in [6.07, 6.45) is 1.07. The van der Waals surface area contributed by atoms with Crippen LogP contribution in [0.3, 0.4) is 0 Å². The van der Waals surface area contributed by atoms with Crippen LogP contribution in [0.1, 0.15) is 29.0 Å². The van der Waals surface area contributed by atoms with Crippen LogP contribution >= 0.6 is 0 Å². The van der Waals surface area contributed by atoms with Crippen LogP contribution in [-0.2, 0) is 0 Å². The third-order valence-electron chi connectivity index (χ3n) is 1.26. The molecule has 5 heteroatoms. The fourth-order valence-electron chi connectivity index (χ4n) is 0.734. The van der Waals surface area contributed by atoms with E-state index in [-0.39, 0.29) is 11.3 Å². The highest BCUT2D eigenvalue weighted by Crippen LogP contribution is 2.12. The first-order chi connectivity index (χ1) is 5.13. The van der Waals surface area contributed by atoms with Crippen LogP contribution in [0.15, 0.2) is 10.8 Å². The molecule has 3 N–H and O–H groups in total. The molecule has 1 atom stereocenters. The topological polar surface area (TPSA) is 89.4 Å². The molecule has 0 saturated carbocycles. The van der Waals surface area contributed by atoms with Gasteiger partial charge >= 0.3 is 5.97 Å². The van der Waals surface area contributed by atoms with Gasteiger partial charge in [0.25, 0.3) is 0 Å². The third-order valence-corrected chi connectivity index (χ3v) is 1.26. The van der Waals surface area contributed by atoms with E-state index in [4.69, 9.17) is 10.8 Å². The van der Waals surface area contributed by atoms with Crippen LogP contribution in [0.25, 0.3) is 0 Å². The van der Waals surface area contributed by atoms with E-state index in [1.54, 1.807) is 6.92 Å². The largest absolute Gasteiger partial charge is 0.478 e. The van der Waals surface area contributed by atoms with E-state index in [1.807, 2.05) is 0 Å². The molecule has 0 fully saturated rings. The van der Waals surface area contributed by atoms with Crippen LogP contribution in [0.2, 0.25) is 0 Å². The summed E-state index contributed by atoms with van der Waals surface area (Å²) >= 11 is 0. The molecular formula is C6H8N2O3. The molecule has 0 aliphatic rings. The monoisotopic (exact) mass is 156 g/mol. The summed E-state index contributed by atoms with van der Waals surface area (Å²) in [5, 5.41) is 12.0. The summed E-state index contributed by atoms with van der Waals surface area (Å²) < 4.78 is 4.46. The Labute approximate surface area is 62.8 Å². The molecule has 0 aliphatic heterocycles. The molecule has 1 aromatic rings. The van der Waals surface area contributed by atoms with Gasteiger partial charge in [0.1, 0.15) is 17.5 Å². The molecular weight excluding hydrogens is 148 g/mol. The Kier molecular flexibility index (Phi) is 1.91. The van der Waals surface area contributed by atoms with Gasteiger partial charge in [-0.3, -0.25) is 0 Å². The molecule has 0 radical (unpaired) electrons. The maximum Gasteiger partial charge on any atom is 0.341 e. The van der Waals surface area contributed by atoms with E-state index in [0.717, 1.165) is 6.26 Å². The summed E-state index contributed by atoms with van der Waals surface area (Å²) in [6, 6.07) is -0.417. The minimum atomic E-state index is -1.07. The fourth-order valence-corrected chi connectivity index (χ4v) is 0.734. The van der Waals surface area contributed by atoms with Crippen molar-refractivity contribution in [1.82, 2.24) is 5.16 Å². The quantitative estimate of drug-likeness (QED) is 0.646. The van der Waals surface area contributed by atoms with E-state index in [1.165, 1.54) is 0 Å². The lowest BCUT2D eigenvalue weighted by atomic mass is 10.1. The lowest BCUT2D eigenvalue weighted by Crippen LogP contribution is -2.10. The Morgan fingerprint density at radius 2 is 2.55 bits per heavy atom. The molecule has 1 heterocycles. The van der Waals surface area contributed by atoms with E-state index in [2.05, 4.69) is 9.68 Å². The molecule has 1 rings (SSSR count). The first-order valence-electron chi connectivity index (χ1n) is 3.06. The van der Waals surface area contributed by atoms with Crippen LogP contribution in [0.5, 0.6) is 0 Å². The van der Waals surface area contributed by atoms with Crippen molar-refractivity contribution >= 4 is 5.97 Å². The number of rotatable bonds is 2. The average Bonchev–Trinajstić information content (AvgIpc) is 2.32. The van der Waals surface area contributed by atoms with E-state index >= 15 is 0 Å². The number of hydrogen-bond acceptors (Lipinski definition) is 4. The van der Waals surface area contributed by atoms with E-state index in [0.29, 0.717) is 0 Å². The van der Waals surface area contributed by atoms with Gasteiger partial charge in [-0.2, -0.15) is 0 Å². The summed E-state index contributed by atoms with van der Waals surface area (Å²) in [5.41, 5.74) is 5.71. The van der Waals surface area contributed by atoms with Gasteiger partial charge in [-0.1, -0.05) is 5.16 Å². The van der Waals surface area contributed by atoms with Crippen molar-refractivity contribution in [3.8, 4) is 0 Å². The van der Waals surface area contributed by atoms with Gasteiger partial charge in [-0.15, -0.1) is 0 Å². The van der Waals surface area contributed by atoms with Crippen LogP contribution < -0.4 is 5.73 Å². The molecule has 5 nitrogen and oxygen atoms in total. The molecule has 1 aromatic heterocycles. The van der Waals surface area contributed by atoms with Gasteiger partial charge < -0.3 is 15.4 Å².